The Morgan fingerprint density at radius 1 is 1.50 bits per heavy atom. The van der Waals surface area contributed by atoms with E-state index in [0.717, 1.165) is 0 Å². The van der Waals surface area contributed by atoms with E-state index in [0.29, 0.717) is 12.8 Å². The molecule has 0 radical (unpaired) electrons. The monoisotopic (exact) mass is 203 g/mol. The summed E-state index contributed by atoms with van der Waals surface area (Å²) in [7, 11) is 1.73. The number of aliphatic hydroxyl groups is 1. The molecule has 1 unspecified atom stereocenters. The number of carbonyl (C=O) groups is 1. The fraction of sp³-hybridized carbons (Fsp3) is 0.900. The average molecular weight is 203 g/mol. The maximum atomic E-state index is 11.5. The van der Waals surface area contributed by atoms with Gasteiger partial charge in [-0.3, -0.25) is 10.1 Å². The highest BCUT2D eigenvalue weighted by atomic mass is 16.6. The van der Waals surface area contributed by atoms with Crippen LogP contribution < -0.4 is 5.32 Å². The van der Waals surface area contributed by atoms with E-state index in [1.165, 1.54) is 0 Å². The molecule has 0 heterocycles. The third-order valence-electron chi connectivity index (χ3n) is 1.81. The maximum Gasteiger partial charge on any atom is 0.312 e. The standard InChI is InChI=1S/C10H21NO3/c1-10(2,3)9(13)14-8(11-4)6-5-7-12/h8,11-12H,5-7H2,1-4H3. The first-order chi connectivity index (χ1) is 6.41. The molecule has 0 saturated heterocycles. The number of aliphatic hydroxyl groups excluding tert-OH is 1. The molecule has 0 aliphatic carbocycles. The molecule has 84 valence electrons. The number of nitrogens with one attached hydrogen (secondary N) is 1. The summed E-state index contributed by atoms with van der Waals surface area (Å²) in [4.78, 5) is 11.5. The third-order valence-corrected chi connectivity index (χ3v) is 1.81. The zero-order chi connectivity index (χ0) is 11.2. The van der Waals surface area contributed by atoms with E-state index >= 15 is 0 Å². The van der Waals surface area contributed by atoms with E-state index in [2.05, 4.69) is 5.32 Å². The molecule has 1 atom stereocenters. The van der Waals surface area contributed by atoms with Gasteiger partial charge in [0.05, 0.1) is 5.41 Å². The van der Waals surface area contributed by atoms with E-state index in [4.69, 9.17) is 9.84 Å². The molecule has 0 aliphatic rings. The summed E-state index contributed by atoms with van der Waals surface area (Å²) >= 11 is 0. The Hall–Kier alpha value is -0.610. The van der Waals surface area contributed by atoms with E-state index in [9.17, 15) is 4.79 Å². The first-order valence-corrected chi connectivity index (χ1v) is 4.91. The van der Waals surface area contributed by atoms with Gasteiger partial charge < -0.3 is 9.84 Å². The van der Waals surface area contributed by atoms with Gasteiger partial charge in [0.1, 0.15) is 0 Å². The normalized spacial score (nSPS) is 13.8. The van der Waals surface area contributed by atoms with Gasteiger partial charge in [0.2, 0.25) is 0 Å². The Morgan fingerprint density at radius 3 is 2.43 bits per heavy atom. The van der Waals surface area contributed by atoms with Gasteiger partial charge in [0, 0.05) is 13.0 Å². The van der Waals surface area contributed by atoms with Gasteiger partial charge in [-0.2, -0.15) is 0 Å². The Kier molecular flexibility index (Phi) is 5.72. The minimum absolute atomic E-state index is 0.116. The molecule has 0 aromatic rings. The van der Waals surface area contributed by atoms with Crippen LogP contribution >= 0.6 is 0 Å². The number of ether oxygens (including phenoxy) is 1. The summed E-state index contributed by atoms with van der Waals surface area (Å²) in [5, 5.41) is 11.5. The van der Waals surface area contributed by atoms with Gasteiger partial charge in [-0.25, -0.2) is 0 Å². The van der Waals surface area contributed by atoms with E-state index in [1.54, 1.807) is 7.05 Å². The second-order valence-electron chi connectivity index (χ2n) is 4.30. The van der Waals surface area contributed by atoms with Crippen LogP contribution in [0.15, 0.2) is 0 Å². The lowest BCUT2D eigenvalue weighted by molar-refractivity contribution is -0.160. The smallest absolute Gasteiger partial charge is 0.312 e. The number of esters is 1. The van der Waals surface area contributed by atoms with Crippen LogP contribution in [-0.4, -0.2) is 31.0 Å². The Morgan fingerprint density at radius 2 is 2.07 bits per heavy atom. The van der Waals surface area contributed by atoms with Crippen LogP contribution in [0.4, 0.5) is 0 Å². The van der Waals surface area contributed by atoms with Gasteiger partial charge in [0.25, 0.3) is 0 Å². The van der Waals surface area contributed by atoms with Crippen molar-refractivity contribution in [3.05, 3.63) is 0 Å². The molecule has 0 rings (SSSR count). The number of carbonyl (C=O) groups excluding carboxylic acids is 1. The molecule has 0 spiro atoms. The van der Waals surface area contributed by atoms with Gasteiger partial charge in [-0.1, -0.05) is 0 Å². The molecule has 0 aromatic carbocycles. The van der Waals surface area contributed by atoms with Gasteiger partial charge in [0.15, 0.2) is 6.23 Å². The lowest BCUT2D eigenvalue weighted by atomic mass is 9.97. The predicted molar refractivity (Wildman–Crippen MR) is 54.7 cm³/mol. The predicted octanol–water partition coefficient (Wildman–Crippen LogP) is 0.894. The van der Waals surface area contributed by atoms with Gasteiger partial charge in [-0.15, -0.1) is 0 Å². The lowest BCUT2D eigenvalue weighted by Crippen LogP contribution is -2.35. The molecule has 0 bridgehead atoms. The zero-order valence-corrected chi connectivity index (χ0v) is 9.46. The molecule has 4 heteroatoms. The first kappa shape index (κ1) is 13.4. The molecule has 0 aliphatic heterocycles. The van der Waals surface area contributed by atoms with Gasteiger partial charge >= 0.3 is 5.97 Å². The minimum Gasteiger partial charge on any atom is -0.446 e. The zero-order valence-electron chi connectivity index (χ0n) is 9.46. The van der Waals surface area contributed by atoms with Gasteiger partial charge in [-0.05, 0) is 34.2 Å². The molecule has 0 amide bonds. The summed E-state index contributed by atoms with van der Waals surface area (Å²) < 4.78 is 5.20. The summed E-state index contributed by atoms with van der Waals surface area (Å²) in [5.74, 6) is -0.227. The second kappa shape index (κ2) is 5.98. The van der Waals surface area contributed by atoms with E-state index in [-0.39, 0.29) is 18.8 Å². The first-order valence-electron chi connectivity index (χ1n) is 4.91. The van der Waals surface area contributed by atoms with Crippen molar-refractivity contribution < 1.29 is 14.6 Å². The Balaban J connectivity index is 3.99. The highest BCUT2D eigenvalue weighted by Crippen LogP contribution is 2.16. The molecule has 2 N–H and O–H groups in total. The summed E-state index contributed by atoms with van der Waals surface area (Å²) in [6, 6.07) is 0. The third kappa shape index (κ3) is 5.19. The van der Waals surface area contributed by atoms with E-state index < -0.39 is 5.41 Å². The molecule has 4 nitrogen and oxygen atoms in total. The average Bonchev–Trinajstić information content (AvgIpc) is 2.10. The minimum atomic E-state index is -0.478. The Labute approximate surface area is 85.6 Å². The number of hydrogen-bond acceptors (Lipinski definition) is 4. The van der Waals surface area contributed by atoms with Crippen LogP contribution in [0.1, 0.15) is 33.6 Å². The molecule has 0 fully saturated rings. The molecular formula is C10H21NO3. The van der Waals surface area contributed by atoms with Crippen LogP contribution in [-0.2, 0) is 9.53 Å². The fourth-order valence-electron chi connectivity index (χ4n) is 0.845. The van der Waals surface area contributed by atoms with Crippen molar-refractivity contribution in [1.82, 2.24) is 5.32 Å². The topological polar surface area (TPSA) is 58.6 Å². The van der Waals surface area contributed by atoms with Crippen molar-refractivity contribution in [2.45, 2.75) is 39.8 Å². The number of rotatable bonds is 5. The van der Waals surface area contributed by atoms with Crippen LogP contribution in [0, 0.1) is 5.41 Å². The van der Waals surface area contributed by atoms with Crippen molar-refractivity contribution in [1.29, 1.82) is 0 Å². The van der Waals surface area contributed by atoms with Crippen molar-refractivity contribution in [2.75, 3.05) is 13.7 Å². The highest BCUT2D eigenvalue weighted by Gasteiger charge is 2.25. The summed E-state index contributed by atoms with van der Waals surface area (Å²) in [5.41, 5.74) is -0.478. The lowest BCUT2D eigenvalue weighted by Gasteiger charge is -2.22. The second-order valence-corrected chi connectivity index (χ2v) is 4.30. The Bertz CT molecular complexity index is 175. The van der Waals surface area contributed by atoms with Crippen LogP contribution in [0.3, 0.4) is 0 Å². The molecule has 14 heavy (non-hydrogen) atoms. The fourth-order valence-corrected chi connectivity index (χ4v) is 0.845. The quantitative estimate of drug-likeness (QED) is 0.515. The van der Waals surface area contributed by atoms with Crippen LogP contribution in [0.2, 0.25) is 0 Å². The van der Waals surface area contributed by atoms with Crippen LogP contribution in [0.25, 0.3) is 0 Å². The largest absolute Gasteiger partial charge is 0.446 e. The molecule has 0 saturated carbocycles. The molecular weight excluding hydrogens is 182 g/mol. The number of hydrogen-bond donors (Lipinski definition) is 2. The summed E-state index contributed by atoms with van der Waals surface area (Å²) in [6.07, 6.45) is 0.964. The van der Waals surface area contributed by atoms with Crippen molar-refractivity contribution in [3.63, 3.8) is 0 Å². The maximum absolute atomic E-state index is 11.5. The molecule has 0 aromatic heterocycles. The van der Waals surface area contributed by atoms with Crippen molar-refractivity contribution >= 4 is 5.97 Å². The SMILES string of the molecule is CNC(CCCO)OC(=O)C(C)(C)C. The highest BCUT2D eigenvalue weighted by molar-refractivity contribution is 5.75. The van der Waals surface area contributed by atoms with Crippen molar-refractivity contribution in [3.8, 4) is 0 Å². The summed E-state index contributed by atoms with van der Waals surface area (Å²) in [6.45, 7) is 5.56. The van der Waals surface area contributed by atoms with Crippen LogP contribution in [0.5, 0.6) is 0 Å². The van der Waals surface area contributed by atoms with Crippen molar-refractivity contribution in [2.24, 2.45) is 5.41 Å². The van der Waals surface area contributed by atoms with E-state index in [1.807, 2.05) is 20.8 Å².